The molecule has 40 heavy (non-hydrogen) atoms. The van der Waals surface area contributed by atoms with Crippen LogP contribution in [-0.4, -0.2) is 41.1 Å². The summed E-state index contributed by atoms with van der Waals surface area (Å²) in [6.07, 6.45) is 0.918. The summed E-state index contributed by atoms with van der Waals surface area (Å²) in [5, 5.41) is 4.86. The van der Waals surface area contributed by atoms with Gasteiger partial charge in [-0.1, -0.05) is 17.7 Å². The number of nitrogens with two attached hydrogens (primary N) is 1. The third-order valence-electron chi connectivity index (χ3n) is 6.25. The summed E-state index contributed by atoms with van der Waals surface area (Å²) < 4.78 is 62.3. The molecule has 2 heterocycles. The molecule has 0 spiro atoms. The molecule has 0 radical (unpaired) electrons. The Kier molecular flexibility index (Phi) is 6.98. The number of fused-ring (bicyclic) bond motifs is 2. The smallest absolute Gasteiger partial charge is 0.269 e. The lowest BCUT2D eigenvalue weighted by molar-refractivity contribution is 0.419. The van der Waals surface area contributed by atoms with Crippen molar-refractivity contribution in [2.75, 3.05) is 18.1 Å². The van der Waals surface area contributed by atoms with E-state index >= 15 is 0 Å². The van der Waals surface area contributed by atoms with Crippen LogP contribution in [0.1, 0.15) is 17.4 Å². The van der Waals surface area contributed by atoms with Gasteiger partial charge < -0.3 is 10.5 Å². The van der Waals surface area contributed by atoms with Crippen LogP contribution in [0.25, 0.3) is 27.5 Å². The number of hydrogen-bond donors (Lipinski definition) is 2. The van der Waals surface area contributed by atoms with Crippen molar-refractivity contribution in [1.29, 1.82) is 0 Å². The molecule has 3 N–H and O–H groups in total. The van der Waals surface area contributed by atoms with Crippen molar-refractivity contribution in [3.63, 3.8) is 0 Å². The summed E-state index contributed by atoms with van der Waals surface area (Å²) in [6, 6.07) is 10.00. The minimum atomic E-state index is -3.72. The third kappa shape index (κ3) is 4.98. The summed E-state index contributed by atoms with van der Waals surface area (Å²) in [4.78, 5) is 18.8. The van der Waals surface area contributed by atoms with Gasteiger partial charge in [-0.2, -0.15) is 5.10 Å². The predicted molar refractivity (Wildman–Crippen MR) is 149 cm³/mol. The van der Waals surface area contributed by atoms with Crippen molar-refractivity contribution < 1.29 is 21.9 Å². The summed E-state index contributed by atoms with van der Waals surface area (Å²) in [7, 11) is -0.743. The largest absolute Gasteiger partial charge is 0.496 e. The maximum Gasteiger partial charge on any atom is 0.269 e. The molecule has 10 nitrogen and oxygen atoms in total. The molecule has 0 bridgehead atoms. The molecule has 0 aliphatic rings. The first kappa shape index (κ1) is 27.5. The predicted octanol–water partition coefficient (Wildman–Crippen LogP) is 3.83. The van der Waals surface area contributed by atoms with Gasteiger partial charge in [0.25, 0.3) is 5.56 Å². The number of aryl methyl sites for hydroxylation is 1. The third-order valence-corrected chi connectivity index (χ3v) is 7.13. The monoisotopic (exact) mass is 588 g/mol. The molecule has 3 aromatic carbocycles. The van der Waals surface area contributed by atoms with E-state index in [4.69, 9.17) is 22.1 Å². The van der Waals surface area contributed by atoms with E-state index < -0.39 is 33.3 Å². The highest BCUT2D eigenvalue weighted by Crippen LogP contribution is 2.35. The average Bonchev–Trinajstić information content (AvgIpc) is 3.18. The van der Waals surface area contributed by atoms with E-state index in [0.29, 0.717) is 11.0 Å². The summed E-state index contributed by atoms with van der Waals surface area (Å²) in [5.41, 5.74) is 7.13. The normalized spacial score (nSPS) is 12.7. The zero-order chi connectivity index (χ0) is 28.9. The fourth-order valence-electron chi connectivity index (χ4n) is 4.73. The summed E-state index contributed by atoms with van der Waals surface area (Å²) in [5.74, 6) is -1.22. The lowest BCUT2D eigenvalue weighted by Gasteiger charge is -2.20. The number of methoxy groups -OCH3 is 1. The van der Waals surface area contributed by atoms with E-state index in [2.05, 4.69) is 14.8 Å². The van der Waals surface area contributed by atoms with Gasteiger partial charge in [-0.15, -0.1) is 0 Å². The van der Waals surface area contributed by atoms with Crippen LogP contribution < -0.4 is 20.8 Å². The molecular formula is C26H23ClF2N6O4S. The topological polar surface area (TPSA) is 134 Å². The Morgan fingerprint density at radius 1 is 1.12 bits per heavy atom. The molecule has 5 rings (SSSR count). The van der Waals surface area contributed by atoms with Gasteiger partial charge >= 0.3 is 0 Å². The number of benzene rings is 3. The van der Waals surface area contributed by atoms with E-state index in [1.165, 1.54) is 22.4 Å². The Morgan fingerprint density at radius 2 is 1.82 bits per heavy atom. The average molecular weight is 589 g/mol. The zero-order valence-corrected chi connectivity index (χ0v) is 23.0. The molecule has 208 valence electrons. The number of anilines is 1. The second kappa shape index (κ2) is 10.2. The van der Waals surface area contributed by atoms with Gasteiger partial charge in [0.15, 0.2) is 5.82 Å². The molecule has 1 atom stereocenters. The van der Waals surface area contributed by atoms with Crippen LogP contribution >= 0.6 is 11.6 Å². The van der Waals surface area contributed by atoms with Gasteiger partial charge in [0.2, 0.25) is 10.0 Å². The van der Waals surface area contributed by atoms with Crippen LogP contribution in [0.2, 0.25) is 5.02 Å². The molecule has 5 aromatic rings. The number of ether oxygens (including phenoxy) is 1. The summed E-state index contributed by atoms with van der Waals surface area (Å²) in [6.45, 7) is 0. The van der Waals surface area contributed by atoms with E-state index in [0.717, 1.165) is 24.5 Å². The van der Waals surface area contributed by atoms with Gasteiger partial charge in [-0.25, -0.2) is 22.2 Å². The Hall–Kier alpha value is -4.07. The van der Waals surface area contributed by atoms with Crippen LogP contribution in [0.4, 0.5) is 14.6 Å². The second-order valence-corrected chi connectivity index (χ2v) is 11.3. The number of nitrogens with zero attached hydrogens (tertiary/aromatic N) is 4. The SMILES string of the molecule is COc1cccc2nc(C(N)Cc3cc(F)cc(F)c3)n(-c3ccc(Cl)c4c(NS(C)(=O)=O)nn(C)c34)c(=O)c12. The van der Waals surface area contributed by atoms with Crippen LogP contribution in [0.15, 0.2) is 53.3 Å². The Bertz CT molecular complexity index is 1960. The molecule has 0 aliphatic heterocycles. The van der Waals surface area contributed by atoms with Crippen LogP contribution in [-0.2, 0) is 23.5 Å². The molecule has 0 fully saturated rings. The Labute approximate surface area is 232 Å². The second-order valence-electron chi connectivity index (χ2n) is 9.19. The van der Waals surface area contributed by atoms with Gasteiger partial charge in [0.1, 0.15) is 28.6 Å². The molecule has 2 aromatic heterocycles. The van der Waals surface area contributed by atoms with Crippen molar-refractivity contribution in [2.45, 2.75) is 12.5 Å². The molecule has 1 unspecified atom stereocenters. The standard InChI is InChI=1S/C26H23ClF2N6O4S/c1-34-23-19(8-7-16(27)21(23)24(32-34)33-40(3,37)38)35-25(17(30)11-13-9-14(28)12-15(29)10-13)31-18-5-4-6-20(39-2)22(18)26(35)36/h4-10,12,17H,11,30H2,1-3H3,(H,32,33). The van der Waals surface area contributed by atoms with Crippen molar-refractivity contribution in [2.24, 2.45) is 12.8 Å². The minimum Gasteiger partial charge on any atom is -0.496 e. The number of aromatic nitrogens is 4. The molecule has 14 heteroatoms. The maximum atomic E-state index is 14.2. The van der Waals surface area contributed by atoms with E-state index in [1.807, 2.05) is 0 Å². The molecular weight excluding hydrogens is 566 g/mol. The van der Waals surface area contributed by atoms with Crippen molar-refractivity contribution in [1.82, 2.24) is 19.3 Å². The number of sulfonamides is 1. The lowest BCUT2D eigenvalue weighted by Crippen LogP contribution is -2.30. The van der Waals surface area contributed by atoms with Crippen molar-refractivity contribution in [3.05, 3.63) is 86.9 Å². The Morgan fingerprint density at radius 3 is 2.48 bits per heavy atom. The number of halogens is 3. The van der Waals surface area contributed by atoms with Gasteiger partial charge in [-0.3, -0.25) is 18.8 Å². The fourth-order valence-corrected chi connectivity index (χ4v) is 5.46. The van der Waals surface area contributed by atoms with Crippen LogP contribution in [0.3, 0.4) is 0 Å². The van der Waals surface area contributed by atoms with Gasteiger partial charge in [0, 0.05) is 13.1 Å². The fraction of sp³-hybridized carbons (Fsp3) is 0.192. The van der Waals surface area contributed by atoms with Crippen molar-refractivity contribution in [3.8, 4) is 11.4 Å². The van der Waals surface area contributed by atoms with Crippen molar-refractivity contribution >= 4 is 49.2 Å². The Balaban J connectivity index is 1.83. The first-order valence-corrected chi connectivity index (χ1v) is 14.1. The summed E-state index contributed by atoms with van der Waals surface area (Å²) >= 11 is 6.48. The highest BCUT2D eigenvalue weighted by atomic mass is 35.5. The van der Waals surface area contributed by atoms with Gasteiger partial charge in [-0.05, 0) is 48.4 Å². The molecule has 0 aliphatic carbocycles. The lowest BCUT2D eigenvalue weighted by atomic mass is 10.0. The maximum absolute atomic E-state index is 14.2. The number of nitrogens with one attached hydrogen (secondary N) is 1. The highest BCUT2D eigenvalue weighted by molar-refractivity contribution is 7.92. The number of hydrogen-bond acceptors (Lipinski definition) is 7. The zero-order valence-electron chi connectivity index (χ0n) is 21.4. The minimum absolute atomic E-state index is 0.0349. The van der Waals surface area contributed by atoms with Crippen LogP contribution in [0.5, 0.6) is 5.75 Å². The van der Waals surface area contributed by atoms with E-state index in [1.54, 1.807) is 31.3 Å². The number of rotatable bonds is 7. The van der Waals surface area contributed by atoms with E-state index in [9.17, 15) is 22.0 Å². The molecule has 0 saturated carbocycles. The van der Waals surface area contributed by atoms with E-state index in [-0.39, 0.29) is 50.9 Å². The quantitative estimate of drug-likeness (QED) is 0.295. The molecule has 0 saturated heterocycles. The molecule has 0 amide bonds. The van der Waals surface area contributed by atoms with Gasteiger partial charge in [0.05, 0.1) is 46.5 Å². The first-order valence-electron chi connectivity index (χ1n) is 11.8. The van der Waals surface area contributed by atoms with Crippen LogP contribution in [0, 0.1) is 11.6 Å². The first-order chi connectivity index (χ1) is 18.9. The highest BCUT2D eigenvalue weighted by Gasteiger charge is 2.25.